The van der Waals surface area contributed by atoms with Crippen LogP contribution in [0.4, 0.5) is 0 Å². The van der Waals surface area contributed by atoms with Gasteiger partial charge in [0, 0.05) is 18.0 Å². The SMILES string of the molecule is O=CC1CCC(c2cncnc2)O1. The number of aldehydes is 1. The van der Waals surface area contributed by atoms with Crippen LogP contribution in [0.15, 0.2) is 18.7 Å². The van der Waals surface area contributed by atoms with Crippen LogP contribution in [0.3, 0.4) is 0 Å². The van der Waals surface area contributed by atoms with Crippen molar-refractivity contribution in [3.63, 3.8) is 0 Å². The standard InChI is InChI=1S/C9H10N2O2/c12-5-8-1-2-9(13-8)7-3-10-6-11-4-7/h3-6,8-9H,1-2H2. The Morgan fingerprint density at radius 2 is 2.15 bits per heavy atom. The first-order valence-electron chi connectivity index (χ1n) is 4.26. The highest BCUT2D eigenvalue weighted by Gasteiger charge is 2.26. The van der Waals surface area contributed by atoms with Crippen LogP contribution in [0.2, 0.25) is 0 Å². The lowest BCUT2D eigenvalue weighted by atomic mass is 10.1. The van der Waals surface area contributed by atoms with Crippen molar-refractivity contribution in [2.75, 3.05) is 0 Å². The highest BCUT2D eigenvalue weighted by atomic mass is 16.5. The van der Waals surface area contributed by atoms with E-state index >= 15 is 0 Å². The molecule has 68 valence electrons. The minimum Gasteiger partial charge on any atom is -0.363 e. The van der Waals surface area contributed by atoms with Gasteiger partial charge in [0.1, 0.15) is 18.7 Å². The van der Waals surface area contributed by atoms with Crippen LogP contribution < -0.4 is 0 Å². The highest BCUT2D eigenvalue weighted by molar-refractivity contribution is 5.56. The summed E-state index contributed by atoms with van der Waals surface area (Å²) in [6.45, 7) is 0. The van der Waals surface area contributed by atoms with Gasteiger partial charge in [0.2, 0.25) is 0 Å². The third-order valence-corrected chi connectivity index (χ3v) is 2.16. The molecule has 2 unspecified atom stereocenters. The van der Waals surface area contributed by atoms with Crippen LogP contribution in [0.25, 0.3) is 0 Å². The molecule has 1 aliphatic heterocycles. The molecular formula is C9H10N2O2. The lowest BCUT2D eigenvalue weighted by molar-refractivity contribution is -0.117. The first-order valence-corrected chi connectivity index (χ1v) is 4.26. The quantitative estimate of drug-likeness (QED) is 0.631. The van der Waals surface area contributed by atoms with E-state index in [0.717, 1.165) is 24.7 Å². The Bertz CT molecular complexity index is 289. The third kappa shape index (κ3) is 1.72. The van der Waals surface area contributed by atoms with Gasteiger partial charge < -0.3 is 9.53 Å². The fraction of sp³-hybridized carbons (Fsp3) is 0.444. The molecule has 0 amide bonds. The van der Waals surface area contributed by atoms with Gasteiger partial charge in [-0.2, -0.15) is 0 Å². The lowest BCUT2D eigenvalue weighted by Crippen LogP contribution is -2.07. The van der Waals surface area contributed by atoms with Crippen LogP contribution in [0, 0.1) is 0 Å². The molecule has 4 nitrogen and oxygen atoms in total. The smallest absolute Gasteiger partial charge is 0.148 e. The summed E-state index contributed by atoms with van der Waals surface area (Å²) >= 11 is 0. The molecule has 0 radical (unpaired) electrons. The predicted octanol–water partition coefficient (Wildman–Crippen LogP) is 0.896. The Labute approximate surface area is 76.0 Å². The summed E-state index contributed by atoms with van der Waals surface area (Å²) in [4.78, 5) is 18.2. The van der Waals surface area contributed by atoms with Gasteiger partial charge in [0.15, 0.2) is 0 Å². The van der Waals surface area contributed by atoms with E-state index in [0.29, 0.717) is 0 Å². The van der Waals surface area contributed by atoms with Gasteiger partial charge in [0.25, 0.3) is 0 Å². The van der Waals surface area contributed by atoms with Crippen LogP contribution in [-0.2, 0) is 9.53 Å². The fourth-order valence-corrected chi connectivity index (χ4v) is 1.48. The molecule has 1 aromatic rings. The molecule has 0 bridgehead atoms. The summed E-state index contributed by atoms with van der Waals surface area (Å²) < 4.78 is 5.45. The molecule has 0 aliphatic carbocycles. The van der Waals surface area contributed by atoms with E-state index in [1.54, 1.807) is 12.4 Å². The summed E-state index contributed by atoms with van der Waals surface area (Å²) in [6.07, 6.45) is 7.20. The van der Waals surface area contributed by atoms with Gasteiger partial charge in [-0.15, -0.1) is 0 Å². The van der Waals surface area contributed by atoms with Crippen molar-refractivity contribution in [2.24, 2.45) is 0 Å². The number of hydrogen-bond acceptors (Lipinski definition) is 4. The maximum atomic E-state index is 10.4. The van der Waals surface area contributed by atoms with Crippen LogP contribution in [-0.4, -0.2) is 22.4 Å². The van der Waals surface area contributed by atoms with Crippen molar-refractivity contribution in [1.82, 2.24) is 9.97 Å². The Morgan fingerprint density at radius 1 is 1.38 bits per heavy atom. The van der Waals surface area contributed by atoms with Crippen molar-refractivity contribution < 1.29 is 9.53 Å². The molecule has 1 aromatic heterocycles. The first kappa shape index (κ1) is 8.31. The van der Waals surface area contributed by atoms with Crippen LogP contribution >= 0.6 is 0 Å². The van der Waals surface area contributed by atoms with Crippen LogP contribution in [0.1, 0.15) is 24.5 Å². The summed E-state index contributed by atoms with van der Waals surface area (Å²) in [7, 11) is 0. The predicted molar refractivity (Wildman–Crippen MR) is 44.9 cm³/mol. The summed E-state index contributed by atoms with van der Waals surface area (Å²) in [5.41, 5.74) is 0.951. The molecule has 2 rings (SSSR count). The van der Waals surface area contributed by atoms with Crippen molar-refractivity contribution >= 4 is 6.29 Å². The van der Waals surface area contributed by atoms with Crippen molar-refractivity contribution in [2.45, 2.75) is 25.0 Å². The average Bonchev–Trinajstić information content (AvgIpc) is 2.67. The Hall–Kier alpha value is -1.29. The molecular weight excluding hydrogens is 168 g/mol. The first-order chi connectivity index (χ1) is 6.40. The molecule has 1 fully saturated rings. The van der Waals surface area contributed by atoms with Gasteiger partial charge in [-0.3, -0.25) is 0 Å². The average molecular weight is 178 g/mol. The van der Waals surface area contributed by atoms with Crippen LogP contribution in [0.5, 0.6) is 0 Å². The number of rotatable bonds is 2. The maximum Gasteiger partial charge on any atom is 0.148 e. The zero-order chi connectivity index (χ0) is 9.10. The Kier molecular flexibility index (Phi) is 2.31. The zero-order valence-corrected chi connectivity index (χ0v) is 7.09. The number of carbonyl (C=O) groups is 1. The summed E-state index contributed by atoms with van der Waals surface area (Å²) in [5.74, 6) is 0. The summed E-state index contributed by atoms with van der Waals surface area (Å²) in [6, 6.07) is 0. The molecule has 0 saturated carbocycles. The topological polar surface area (TPSA) is 52.1 Å². The van der Waals surface area contributed by atoms with E-state index in [4.69, 9.17) is 4.74 Å². The highest BCUT2D eigenvalue weighted by Crippen LogP contribution is 2.30. The molecule has 0 aromatic carbocycles. The van der Waals surface area contributed by atoms with Gasteiger partial charge in [-0.05, 0) is 12.8 Å². The molecule has 4 heteroatoms. The Balaban J connectivity index is 2.08. The molecule has 2 atom stereocenters. The largest absolute Gasteiger partial charge is 0.363 e. The van der Waals surface area contributed by atoms with E-state index < -0.39 is 0 Å². The summed E-state index contributed by atoms with van der Waals surface area (Å²) in [5, 5.41) is 0. The second-order valence-electron chi connectivity index (χ2n) is 3.05. The van der Waals surface area contributed by atoms with Crippen molar-refractivity contribution in [3.05, 3.63) is 24.3 Å². The second kappa shape index (κ2) is 3.62. The van der Waals surface area contributed by atoms with Gasteiger partial charge in [-0.25, -0.2) is 9.97 Å². The number of carbonyl (C=O) groups excluding carboxylic acids is 1. The van der Waals surface area contributed by atoms with Crippen molar-refractivity contribution in [3.8, 4) is 0 Å². The van der Waals surface area contributed by atoms with E-state index in [9.17, 15) is 4.79 Å². The minimum absolute atomic E-state index is 0.00333. The lowest BCUT2D eigenvalue weighted by Gasteiger charge is -2.08. The number of nitrogens with zero attached hydrogens (tertiary/aromatic N) is 2. The maximum absolute atomic E-state index is 10.4. The second-order valence-corrected chi connectivity index (χ2v) is 3.05. The van der Waals surface area contributed by atoms with Gasteiger partial charge >= 0.3 is 0 Å². The van der Waals surface area contributed by atoms with E-state index in [1.807, 2.05) is 0 Å². The molecule has 1 aliphatic rings. The molecule has 13 heavy (non-hydrogen) atoms. The molecule has 0 spiro atoms. The fourth-order valence-electron chi connectivity index (χ4n) is 1.48. The van der Waals surface area contributed by atoms with E-state index in [2.05, 4.69) is 9.97 Å². The van der Waals surface area contributed by atoms with Crippen molar-refractivity contribution in [1.29, 1.82) is 0 Å². The van der Waals surface area contributed by atoms with E-state index in [1.165, 1.54) is 6.33 Å². The third-order valence-electron chi connectivity index (χ3n) is 2.16. The normalized spacial score (nSPS) is 27.4. The minimum atomic E-state index is -0.245. The van der Waals surface area contributed by atoms with E-state index in [-0.39, 0.29) is 12.2 Å². The number of aromatic nitrogens is 2. The number of ether oxygens (including phenoxy) is 1. The number of hydrogen-bond donors (Lipinski definition) is 0. The monoisotopic (exact) mass is 178 g/mol. The Morgan fingerprint density at radius 3 is 2.77 bits per heavy atom. The zero-order valence-electron chi connectivity index (χ0n) is 7.09. The molecule has 1 saturated heterocycles. The molecule has 2 heterocycles. The van der Waals surface area contributed by atoms with Gasteiger partial charge in [-0.1, -0.05) is 0 Å². The van der Waals surface area contributed by atoms with Gasteiger partial charge in [0.05, 0.1) is 6.10 Å². The molecule has 0 N–H and O–H groups in total.